The normalized spacial score (nSPS) is 27.6. The monoisotopic (exact) mass is 196 g/mol. The van der Waals surface area contributed by atoms with Crippen molar-refractivity contribution in [1.82, 2.24) is 0 Å². The average molecular weight is 196 g/mol. The van der Waals surface area contributed by atoms with Gasteiger partial charge in [-0.25, -0.2) is 0 Å². The SMILES string of the molecule is CCCC(CC)CCC1CC1CCC. The van der Waals surface area contributed by atoms with Crippen LogP contribution in [0, 0.1) is 17.8 Å². The summed E-state index contributed by atoms with van der Waals surface area (Å²) in [6.45, 7) is 7.00. The molecule has 14 heavy (non-hydrogen) atoms. The molecule has 0 saturated heterocycles. The van der Waals surface area contributed by atoms with Crippen molar-refractivity contribution in [2.75, 3.05) is 0 Å². The summed E-state index contributed by atoms with van der Waals surface area (Å²) in [6, 6.07) is 0. The van der Waals surface area contributed by atoms with Gasteiger partial charge < -0.3 is 0 Å². The van der Waals surface area contributed by atoms with Crippen molar-refractivity contribution in [3.8, 4) is 0 Å². The highest BCUT2D eigenvalue weighted by Gasteiger charge is 2.35. The van der Waals surface area contributed by atoms with Crippen LogP contribution < -0.4 is 0 Å². The summed E-state index contributed by atoms with van der Waals surface area (Å²) in [6.07, 6.45) is 11.7. The number of hydrogen-bond acceptors (Lipinski definition) is 0. The zero-order valence-electron chi connectivity index (χ0n) is 10.4. The second kappa shape index (κ2) is 6.48. The first-order valence-corrected chi connectivity index (χ1v) is 6.81. The molecule has 0 aromatic rings. The molecule has 0 radical (unpaired) electrons. The maximum atomic E-state index is 2.36. The fraction of sp³-hybridized carbons (Fsp3) is 1.00. The first-order valence-electron chi connectivity index (χ1n) is 6.81. The van der Waals surface area contributed by atoms with Crippen LogP contribution in [0.25, 0.3) is 0 Å². The molecule has 0 amide bonds. The molecule has 1 saturated carbocycles. The Balaban J connectivity index is 2.03. The van der Waals surface area contributed by atoms with Gasteiger partial charge in [0.2, 0.25) is 0 Å². The van der Waals surface area contributed by atoms with Gasteiger partial charge >= 0.3 is 0 Å². The molecule has 1 aliphatic carbocycles. The highest BCUT2D eigenvalue weighted by Crippen LogP contribution is 2.45. The Labute approximate surface area is 90.5 Å². The number of hydrogen-bond donors (Lipinski definition) is 0. The molecule has 0 nitrogen and oxygen atoms in total. The average Bonchev–Trinajstić information content (AvgIpc) is 2.92. The Kier molecular flexibility index (Phi) is 5.59. The minimum Gasteiger partial charge on any atom is -0.0654 e. The Morgan fingerprint density at radius 2 is 1.64 bits per heavy atom. The maximum absolute atomic E-state index is 2.36. The molecule has 1 aliphatic rings. The van der Waals surface area contributed by atoms with Gasteiger partial charge in [-0.1, -0.05) is 59.3 Å². The van der Waals surface area contributed by atoms with E-state index in [-0.39, 0.29) is 0 Å². The second-order valence-corrected chi connectivity index (χ2v) is 5.18. The lowest BCUT2D eigenvalue weighted by Gasteiger charge is -2.12. The van der Waals surface area contributed by atoms with E-state index in [1.807, 2.05) is 0 Å². The van der Waals surface area contributed by atoms with E-state index in [1.165, 1.54) is 44.9 Å². The van der Waals surface area contributed by atoms with E-state index < -0.39 is 0 Å². The van der Waals surface area contributed by atoms with Gasteiger partial charge in [0.25, 0.3) is 0 Å². The summed E-state index contributed by atoms with van der Waals surface area (Å²) < 4.78 is 0. The first-order chi connectivity index (χ1) is 6.81. The van der Waals surface area contributed by atoms with Crippen LogP contribution in [0.1, 0.15) is 72.1 Å². The molecule has 84 valence electrons. The van der Waals surface area contributed by atoms with Crippen molar-refractivity contribution >= 4 is 0 Å². The molecule has 1 rings (SSSR count). The van der Waals surface area contributed by atoms with E-state index in [4.69, 9.17) is 0 Å². The summed E-state index contributed by atoms with van der Waals surface area (Å²) in [4.78, 5) is 0. The quantitative estimate of drug-likeness (QED) is 0.511. The Bertz CT molecular complexity index is 139. The van der Waals surface area contributed by atoms with Crippen LogP contribution in [0.15, 0.2) is 0 Å². The largest absolute Gasteiger partial charge is 0.0654 e. The van der Waals surface area contributed by atoms with Gasteiger partial charge in [-0.15, -0.1) is 0 Å². The standard InChI is InChI=1S/C14H28/c1-4-7-12(6-3)9-10-14-11-13(14)8-5-2/h12-14H,4-11H2,1-3H3. The predicted molar refractivity (Wildman–Crippen MR) is 64.4 cm³/mol. The van der Waals surface area contributed by atoms with E-state index in [9.17, 15) is 0 Å². The molecule has 0 bridgehead atoms. The van der Waals surface area contributed by atoms with E-state index in [1.54, 1.807) is 6.42 Å². The van der Waals surface area contributed by atoms with Crippen molar-refractivity contribution in [3.05, 3.63) is 0 Å². The van der Waals surface area contributed by atoms with E-state index >= 15 is 0 Å². The summed E-state index contributed by atoms with van der Waals surface area (Å²) >= 11 is 0. The fourth-order valence-corrected chi connectivity index (χ4v) is 2.80. The first kappa shape index (κ1) is 12.1. The molecule has 0 aromatic heterocycles. The molecule has 0 aromatic carbocycles. The minimum atomic E-state index is 1.03. The summed E-state index contributed by atoms with van der Waals surface area (Å²) in [5.74, 6) is 3.28. The molecule has 3 unspecified atom stereocenters. The summed E-state index contributed by atoms with van der Waals surface area (Å²) in [7, 11) is 0. The molecule has 0 heteroatoms. The van der Waals surface area contributed by atoms with Crippen molar-refractivity contribution in [2.24, 2.45) is 17.8 Å². The van der Waals surface area contributed by atoms with Crippen LogP contribution in [0.4, 0.5) is 0 Å². The van der Waals surface area contributed by atoms with Crippen molar-refractivity contribution in [2.45, 2.75) is 72.1 Å². The highest BCUT2D eigenvalue weighted by molar-refractivity contribution is 4.85. The second-order valence-electron chi connectivity index (χ2n) is 5.18. The third-order valence-electron chi connectivity index (χ3n) is 3.95. The lowest BCUT2D eigenvalue weighted by atomic mass is 9.93. The lowest BCUT2D eigenvalue weighted by Crippen LogP contribution is -1.99. The third kappa shape index (κ3) is 4.02. The van der Waals surface area contributed by atoms with Crippen LogP contribution in [0.5, 0.6) is 0 Å². The number of rotatable bonds is 8. The van der Waals surface area contributed by atoms with Gasteiger partial charge in [-0.05, 0) is 30.6 Å². The molecule has 0 spiro atoms. The van der Waals surface area contributed by atoms with Crippen molar-refractivity contribution in [3.63, 3.8) is 0 Å². The third-order valence-corrected chi connectivity index (χ3v) is 3.95. The zero-order valence-corrected chi connectivity index (χ0v) is 10.4. The molecule has 3 atom stereocenters. The minimum absolute atomic E-state index is 1.03. The van der Waals surface area contributed by atoms with Gasteiger partial charge in [0.1, 0.15) is 0 Å². The van der Waals surface area contributed by atoms with E-state index in [0.717, 1.165) is 17.8 Å². The van der Waals surface area contributed by atoms with Crippen LogP contribution in [0.2, 0.25) is 0 Å². The van der Waals surface area contributed by atoms with Crippen molar-refractivity contribution in [1.29, 1.82) is 0 Å². The Morgan fingerprint density at radius 3 is 2.21 bits per heavy atom. The Morgan fingerprint density at radius 1 is 0.929 bits per heavy atom. The van der Waals surface area contributed by atoms with E-state index in [2.05, 4.69) is 20.8 Å². The predicted octanol–water partition coefficient (Wildman–Crippen LogP) is 5.03. The van der Waals surface area contributed by atoms with Gasteiger partial charge in [0.05, 0.1) is 0 Å². The van der Waals surface area contributed by atoms with Crippen LogP contribution in [-0.4, -0.2) is 0 Å². The van der Waals surface area contributed by atoms with Crippen molar-refractivity contribution < 1.29 is 0 Å². The van der Waals surface area contributed by atoms with Gasteiger partial charge in [0, 0.05) is 0 Å². The van der Waals surface area contributed by atoms with Crippen LogP contribution >= 0.6 is 0 Å². The molecule has 1 fully saturated rings. The van der Waals surface area contributed by atoms with Gasteiger partial charge in [0.15, 0.2) is 0 Å². The molecular formula is C14H28. The molecule has 0 aliphatic heterocycles. The Hall–Kier alpha value is 0. The van der Waals surface area contributed by atoms with Crippen LogP contribution in [-0.2, 0) is 0 Å². The topological polar surface area (TPSA) is 0 Å². The summed E-state index contributed by atoms with van der Waals surface area (Å²) in [5, 5.41) is 0. The zero-order chi connectivity index (χ0) is 10.4. The lowest BCUT2D eigenvalue weighted by molar-refractivity contribution is 0.400. The molecule has 0 N–H and O–H groups in total. The highest BCUT2D eigenvalue weighted by atomic mass is 14.4. The van der Waals surface area contributed by atoms with Gasteiger partial charge in [-0.3, -0.25) is 0 Å². The molecular weight excluding hydrogens is 168 g/mol. The van der Waals surface area contributed by atoms with Gasteiger partial charge in [-0.2, -0.15) is 0 Å². The smallest absolute Gasteiger partial charge is 0.0383 e. The molecule has 0 heterocycles. The maximum Gasteiger partial charge on any atom is -0.0383 e. The fourth-order valence-electron chi connectivity index (χ4n) is 2.80. The van der Waals surface area contributed by atoms with E-state index in [0.29, 0.717) is 0 Å². The van der Waals surface area contributed by atoms with Crippen LogP contribution in [0.3, 0.4) is 0 Å². The summed E-state index contributed by atoms with van der Waals surface area (Å²) in [5.41, 5.74) is 0.